The first-order valence-electron chi connectivity index (χ1n) is 9.74. The van der Waals surface area contributed by atoms with Gasteiger partial charge in [0.1, 0.15) is 16.5 Å². The Bertz CT molecular complexity index is 988. The Balaban J connectivity index is 1.59. The second-order valence-corrected chi connectivity index (χ2v) is 7.13. The Morgan fingerprint density at radius 3 is 2.72 bits per heavy atom. The van der Waals surface area contributed by atoms with E-state index in [1.807, 2.05) is 25.1 Å². The number of amides is 1. The van der Waals surface area contributed by atoms with E-state index in [1.165, 1.54) is 0 Å². The fraction of sp³-hybridized carbons (Fsp3) is 0.381. The molecule has 0 spiro atoms. The van der Waals surface area contributed by atoms with E-state index in [9.17, 15) is 4.79 Å². The molecule has 8 heteroatoms. The van der Waals surface area contributed by atoms with E-state index in [0.29, 0.717) is 48.4 Å². The largest absolute Gasteiger partial charge is 0.382 e. The molecular weight excluding hydrogens is 390 g/mol. The van der Waals surface area contributed by atoms with Gasteiger partial charge in [-0.15, -0.1) is 0 Å². The number of fused-ring (bicyclic) bond motifs is 1. The Hall–Kier alpha value is -2.64. The maximum atomic E-state index is 12.0. The second kappa shape index (κ2) is 9.71. The summed E-state index contributed by atoms with van der Waals surface area (Å²) in [5, 5.41) is 3.25. The van der Waals surface area contributed by atoms with Crippen molar-refractivity contribution in [3.05, 3.63) is 52.4 Å². The van der Waals surface area contributed by atoms with E-state index in [2.05, 4.69) is 26.8 Å². The third-order valence-electron chi connectivity index (χ3n) is 4.67. The van der Waals surface area contributed by atoms with Gasteiger partial charge in [0.15, 0.2) is 5.82 Å². The predicted molar refractivity (Wildman–Crippen MR) is 115 cm³/mol. The van der Waals surface area contributed by atoms with Crippen LogP contribution in [0.25, 0.3) is 11.0 Å². The third-order valence-corrected chi connectivity index (χ3v) is 5.04. The fourth-order valence-electron chi connectivity index (χ4n) is 3.24. The fourth-order valence-corrected chi connectivity index (χ4v) is 3.42. The molecule has 0 radical (unpaired) electrons. The topological polar surface area (TPSA) is 95.1 Å². The number of aromatic nitrogens is 3. The number of hydrogen-bond donors (Lipinski definition) is 2. The number of ether oxygens (including phenoxy) is 1. The minimum atomic E-state index is -0.103. The number of nitrogen functional groups attached to an aromatic ring is 1. The van der Waals surface area contributed by atoms with Crippen LogP contribution in [0.3, 0.4) is 0 Å². The highest BCUT2D eigenvalue weighted by Gasteiger charge is 2.17. The molecular formula is C21H26ClN5O2. The number of hydrogen-bond acceptors (Lipinski definition) is 5. The molecule has 0 unspecified atom stereocenters. The average molecular weight is 416 g/mol. The van der Waals surface area contributed by atoms with Crippen LogP contribution in [-0.2, 0) is 17.7 Å². The number of nitrogens with two attached hydrogens (primary N) is 1. The van der Waals surface area contributed by atoms with Crippen LogP contribution in [0, 0.1) is 6.92 Å². The number of carbonyl (C=O) groups is 1. The highest BCUT2D eigenvalue weighted by Crippen LogP contribution is 2.29. The number of pyridine rings is 1. The van der Waals surface area contributed by atoms with Gasteiger partial charge in [-0.1, -0.05) is 36.7 Å². The Kier molecular flexibility index (Phi) is 7.06. The van der Waals surface area contributed by atoms with Gasteiger partial charge in [0.05, 0.1) is 18.7 Å². The molecule has 7 nitrogen and oxygen atoms in total. The SMILES string of the molecule is CCCc1nc2c(N)nc(Cl)c(C)c2n1CCOCCNC(=O)c1ccccc1. The van der Waals surface area contributed by atoms with Crippen molar-refractivity contribution in [2.45, 2.75) is 33.2 Å². The van der Waals surface area contributed by atoms with Crippen LogP contribution in [0.15, 0.2) is 30.3 Å². The smallest absolute Gasteiger partial charge is 0.251 e. The van der Waals surface area contributed by atoms with Gasteiger partial charge in [0, 0.05) is 30.6 Å². The van der Waals surface area contributed by atoms with Gasteiger partial charge in [0.2, 0.25) is 0 Å². The van der Waals surface area contributed by atoms with Crippen LogP contribution in [0.5, 0.6) is 0 Å². The van der Waals surface area contributed by atoms with Gasteiger partial charge in [-0.3, -0.25) is 4.79 Å². The summed E-state index contributed by atoms with van der Waals surface area (Å²) in [6.07, 6.45) is 1.80. The normalized spacial score (nSPS) is 11.1. The van der Waals surface area contributed by atoms with Crippen molar-refractivity contribution in [2.24, 2.45) is 0 Å². The summed E-state index contributed by atoms with van der Waals surface area (Å²) >= 11 is 6.23. The molecule has 2 heterocycles. The lowest BCUT2D eigenvalue weighted by molar-refractivity contribution is 0.0908. The minimum absolute atomic E-state index is 0.103. The van der Waals surface area contributed by atoms with Gasteiger partial charge in [-0.05, 0) is 25.5 Å². The molecule has 0 saturated heterocycles. The Morgan fingerprint density at radius 2 is 2.00 bits per heavy atom. The summed E-state index contributed by atoms with van der Waals surface area (Å²) in [5.74, 6) is 1.19. The number of imidazole rings is 1. The molecule has 0 fully saturated rings. The number of halogens is 1. The summed E-state index contributed by atoms with van der Waals surface area (Å²) in [6.45, 7) is 6.02. The van der Waals surface area contributed by atoms with E-state index in [0.717, 1.165) is 29.7 Å². The Morgan fingerprint density at radius 1 is 1.24 bits per heavy atom. The Labute approximate surface area is 175 Å². The zero-order chi connectivity index (χ0) is 20.8. The average Bonchev–Trinajstić information content (AvgIpc) is 3.08. The van der Waals surface area contributed by atoms with Gasteiger partial charge >= 0.3 is 0 Å². The summed E-state index contributed by atoms with van der Waals surface area (Å²) in [6, 6.07) is 9.12. The molecule has 3 N–H and O–H groups in total. The molecule has 0 aliphatic rings. The predicted octanol–water partition coefficient (Wildman–Crippen LogP) is 3.37. The van der Waals surface area contributed by atoms with Crippen LogP contribution >= 0.6 is 11.6 Å². The first-order valence-corrected chi connectivity index (χ1v) is 10.1. The third kappa shape index (κ3) is 4.86. The van der Waals surface area contributed by atoms with Gasteiger partial charge in [0.25, 0.3) is 5.91 Å². The molecule has 0 aliphatic heterocycles. The van der Waals surface area contributed by atoms with Crippen molar-refractivity contribution in [3.8, 4) is 0 Å². The molecule has 0 aliphatic carbocycles. The van der Waals surface area contributed by atoms with Crippen LogP contribution in [0.4, 0.5) is 5.82 Å². The molecule has 1 amide bonds. The molecule has 3 rings (SSSR count). The molecule has 2 aromatic heterocycles. The quantitative estimate of drug-likeness (QED) is 0.412. The van der Waals surface area contributed by atoms with E-state index < -0.39 is 0 Å². The number of benzene rings is 1. The number of nitrogens with one attached hydrogen (secondary N) is 1. The standard InChI is InChI=1S/C21H26ClN5O2/c1-3-7-16-25-17-18(14(2)19(22)26-20(17)23)27(16)11-13-29-12-10-24-21(28)15-8-5-4-6-9-15/h4-6,8-9H,3,7,10-13H2,1-2H3,(H2,23,26)(H,24,28). The number of aryl methyl sites for hydroxylation is 2. The summed E-state index contributed by atoms with van der Waals surface area (Å²) < 4.78 is 7.84. The number of rotatable bonds is 9. The number of anilines is 1. The van der Waals surface area contributed by atoms with Crippen molar-refractivity contribution in [1.29, 1.82) is 0 Å². The van der Waals surface area contributed by atoms with Gasteiger partial charge in [-0.25, -0.2) is 9.97 Å². The monoisotopic (exact) mass is 415 g/mol. The maximum absolute atomic E-state index is 12.0. The highest BCUT2D eigenvalue weighted by molar-refractivity contribution is 6.31. The molecule has 154 valence electrons. The summed E-state index contributed by atoms with van der Waals surface area (Å²) in [4.78, 5) is 20.9. The maximum Gasteiger partial charge on any atom is 0.251 e. The van der Waals surface area contributed by atoms with E-state index >= 15 is 0 Å². The van der Waals surface area contributed by atoms with Crippen molar-refractivity contribution >= 4 is 34.4 Å². The zero-order valence-corrected chi connectivity index (χ0v) is 17.5. The van der Waals surface area contributed by atoms with E-state index in [1.54, 1.807) is 12.1 Å². The summed E-state index contributed by atoms with van der Waals surface area (Å²) in [7, 11) is 0. The van der Waals surface area contributed by atoms with Crippen LogP contribution in [-0.4, -0.2) is 40.2 Å². The van der Waals surface area contributed by atoms with Crippen molar-refractivity contribution in [1.82, 2.24) is 19.9 Å². The molecule has 3 aromatic rings. The zero-order valence-electron chi connectivity index (χ0n) is 16.7. The van der Waals surface area contributed by atoms with Crippen molar-refractivity contribution in [2.75, 3.05) is 25.5 Å². The van der Waals surface area contributed by atoms with Crippen LogP contribution < -0.4 is 11.1 Å². The molecule has 0 saturated carbocycles. The number of carbonyl (C=O) groups excluding carboxylic acids is 1. The lowest BCUT2D eigenvalue weighted by Crippen LogP contribution is -2.27. The van der Waals surface area contributed by atoms with E-state index in [-0.39, 0.29) is 5.91 Å². The van der Waals surface area contributed by atoms with Gasteiger partial charge < -0.3 is 20.4 Å². The van der Waals surface area contributed by atoms with Crippen molar-refractivity contribution < 1.29 is 9.53 Å². The highest BCUT2D eigenvalue weighted by atomic mass is 35.5. The first-order chi connectivity index (χ1) is 14.0. The molecule has 0 bridgehead atoms. The van der Waals surface area contributed by atoms with Crippen LogP contribution in [0.2, 0.25) is 5.15 Å². The lowest BCUT2D eigenvalue weighted by atomic mass is 10.2. The summed E-state index contributed by atoms with van der Waals surface area (Å²) in [5.41, 5.74) is 9.13. The van der Waals surface area contributed by atoms with E-state index in [4.69, 9.17) is 22.1 Å². The molecule has 1 aromatic carbocycles. The lowest BCUT2D eigenvalue weighted by Gasteiger charge is -2.12. The molecule has 0 atom stereocenters. The minimum Gasteiger partial charge on any atom is -0.382 e. The van der Waals surface area contributed by atoms with Crippen LogP contribution in [0.1, 0.15) is 35.1 Å². The second-order valence-electron chi connectivity index (χ2n) is 6.77. The van der Waals surface area contributed by atoms with Gasteiger partial charge in [-0.2, -0.15) is 0 Å². The molecule has 29 heavy (non-hydrogen) atoms. The first kappa shape index (κ1) is 21.1. The number of nitrogens with zero attached hydrogens (tertiary/aromatic N) is 3. The van der Waals surface area contributed by atoms with Crippen molar-refractivity contribution in [3.63, 3.8) is 0 Å².